The first-order valence-corrected chi connectivity index (χ1v) is 8.09. The van der Waals surface area contributed by atoms with Gasteiger partial charge in [-0.05, 0) is 24.3 Å². The summed E-state index contributed by atoms with van der Waals surface area (Å²) in [5, 5.41) is 9.06. The molecule has 0 bridgehead atoms. The van der Waals surface area contributed by atoms with E-state index in [4.69, 9.17) is 5.11 Å². The number of carbonyl (C=O) groups is 3. The first kappa shape index (κ1) is 16.3. The third kappa shape index (κ3) is 3.20. The van der Waals surface area contributed by atoms with Crippen LogP contribution in [-0.2, 0) is 14.4 Å². The first-order chi connectivity index (χ1) is 11.5. The number of benzene rings is 1. The molecule has 1 aromatic carbocycles. The summed E-state index contributed by atoms with van der Waals surface area (Å²) in [5.41, 5.74) is 1.78. The van der Waals surface area contributed by atoms with Crippen LogP contribution in [0, 0.1) is 5.92 Å². The number of nitrogens with zero attached hydrogens (tertiary/aromatic N) is 3. The van der Waals surface area contributed by atoms with Crippen molar-refractivity contribution in [3.05, 3.63) is 24.3 Å². The zero-order valence-corrected chi connectivity index (χ0v) is 13.6. The van der Waals surface area contributed by atoms with Crippen LogP contribution in [0.5, 0.6) is 0 Å². The first-order valence-electron chi connectivity index (χ1n) is 8.09. The average Bonchev–Trinajstić information content (AvgIpc) is 2.97. The molecule has 128 valence electrons. The summed E-state index contributed by atoms with van der Waals surface area (Å²) >= 11 is 0. The molecule has 7 heteroatoms. The number of anilines is 2. The fraction of sp³-hybridized carbons (Fsp3) is 0.471. The molecular weight excluding hydrogens is 310 g/mol. The van der Waals surface area contributed by atoms with Crippen LogP contribution in [0.2, 0.25) is 0 Å². The molecule has 2 fully saturated rings. The number of rotatable bonds is 3. The van der Waals surface area contributed by atoms with Gasteiger partial charge in [0.2, 0.25) is 11.8 Å². The van der Waals surface area contributed by atoms with Crippen LogP contribution >= 0.6 is 0 Å². The van der Waals surface area contributed by atoms with E-state index in [1.807, 2.05) is 29.2 Å². The topological polar surface area (TPSA) is 81.2 Å². The lowest BCUT2D eigenvalue weighted by Crippen LogP contribution is -2.48. The van der Waals surface area contributed by atoms with Gasteiger partial charge in [-0.1, -0.05) is 0 Å². The molecule has 0 saturated carbocycles. The largest absolute Gasteiger partial charge is 0.481 e. The van der Waals surface area contributed by atoms with Gasteiger partial charge >= 0.3 is 5.97 Å². The molecule has 24 heavy (non-hydrogen) atoms. The summed E-state index contributed by atoms with van der Waals surface area (Å²) < 4.78 is 0. The second-order valence-electron chi connectivity index (χ2n) is 6.25. The van der Waals surface area contributed by atoms with E-state index < -0.39 is 11.9 Å². The molecule has 0 unspecified atom stereocenters. The van der Waals surface area contributed by atoms with Gasteiger partial charge in [0.05, 0.1) is 5.92 Å². The fourth-order valence-corrected chi connectivity index (χ4v) is 3.25. The minimum absolute atomic E-state index is 0.0596. The zero-order chi connectivity index (χ0) is 17.3. The molecule has 0 aliphatic carbocycles. The lowest BCUT2D eigenvalue weighted by Gasteiger charge is -2.35. The molecule has 2 saturated heterocycles. The molecule has 0 aromatic heterocycles. The van der Waals surface area contributed by atoms with Crippen molar-refractivity contribution in [1.29, 1.82) is 0 Å². The fourth-order valence-electron chi connectivity index (χ4n) is 3.25. The smallest absolute Gasteiger partial charge is 0.308 e. The van der Waals surface area contributed by atoms with E-state index in [2.05, 4.69) is 4.90 Å². The predicted molar refractivity (Wildman–Crippen MR) is 89.0 cm³/mol. The Morgan fingerprint density at radius 1 is 1.04 bits per heavy atom. The van der Waals surface area contributed by atoms with Crippen LogP contribution in [0.3, 0.4) is 0 Å². The van der Waals surface area contributed by atoms with Crippen molar-refractivity contribution in [3.63, 3.8) is 0 Å². The van der Waals surface area contributed by atoms with Crippen LogP contribution < -0.4 is 9.80 Å². The Balaban J connectivity index is 1.65. The number of hydrogen-bond acceptors (Lipinski definition) is 4. The van der Waals surface area contributed by atoms with Crippen LogP contribution in [0.1, 0.15) is 13.3 Å². The quantitative estimate of drug-likeness (QED) is 0.886. The number of aliphatic carboxylic acids is 1. The molecule has 1 atom stereocenters. The maximum atomic E-state index is 12.0. The van der Waals surface area contributed by atoms with Crippen molar-refractivity contribution >= 4 is 29.2 Å². The molecular formula is C17H21N3O4. The number of carboxylic acid groups (broad SMARTS) is 1. The van der Waals surface area contributed by atoms with Crippen molar-refractivity contribution < 1.29 is 19.5 Å². The van der Waals surface area contributed by atoms with Gasteiger partial charge in [0.1, 0.15) is 0 Å². The van der Waals surface area contributed by atoms with Crippen molar-refractivity contribution in [2.75, 3.05) is 42.5 Å². The summed E-state index contributed by atoms with van der Waals surface area (Å²) in [6.45, 7) is 4.79. The lowest BCUT2D eigenvalue weighted by molar-refractivity contribution is -0.141. The number of piperazine rings is 1. The second-order valence-corrected chi connectivity index (χ2v) is 6.25. The van der Waals surface area contributed by atoms with E-state index >= 15 is 0 Å². The SMILES string of the molecule is CC(=O)N1CCN(c2ccc(N3C[C@H](C(=O)O)CC3=O)cc2)CC1. The van der Waals surface area contributed by atoms with Crippen LogP contribution in [0.15, 0.2) is 24.3 Å². The van der Waals surface area contributed by atoms with Crippen molar-refractivity contribution in [2.24, 2.45) is 5.92 Å². The van der Waals surface area contributed by atoms with E-state index in [1.54, 1.807) is 6.92 Å². The van der Waals surface area contributed by atoms with E-state index in [0.717, 1.165) is 24.5 Å². The van der Waals surface area contributed by atoms with Crippen LogP contribution in [0.25, 0.3) is 0 Å². The Kier molecular flexibility index (Phi) is 4.42. The zero-order valence-electron chi connectivity index (χ0n) is 13.6. The highest BCUT2D eigenvalue weighted by molar-refractivity contribution is 5.99. The Morgan fingerprint density at radius 3 is 2.12 bits per heavy atom. The van der Waals surface area contributed by atoms with E-state index in [1.165, 1.54) is 4.90 Å². The summed E-state index contributed by atoms with van der Waals surface area (Å²) in [7, 11) is 0. The highest BCUT2D eigenvalue weighted by atomic mass is 16.4. The van der Waals surface area contributed by atoms with Gasteiger partial charge in [0.25, 0.3) is 0 Å². The maximum Gasteiger partial charge on any atom is 0.308 e. The summed E-state index contributed by atoms with van der Waals surface area (Å²) in [4.78, 5) is 40.0. The third-order valence-corrected chi connectivity index (χ3v) is 4.73. The average molecular weight is 331 g/mol. The molecule has 2 amide bonds. The predicted octanol–water partition coefficient (Wildman–Crippen LogP) is 0.793. The molecule has 3 rings (SSSR count). The molecule has 0 radical (unpaired) electrons. The number of carboxylic acids is 1. The molecule has 2 heterocycles. The molecule has 1 N–H and O–H groups in total. The maximum absolute atomic E-state index is 12.0. The number of carbonyl (C=O) groups excluding carboxylic acids is 2. The van der Waals surface area contributed by atoms with Crippen LogP contribution in [-0.4, -0.2) is 60.5 Å². The molecule has 1 aromatic rings. The van der Waals surface area contributed by atoms with E-state index in [0.29, 0.717) is 13.1 Å². The Hall–Kier alpha value is -2.57. The van der Waals surface area contributed by atoms with Gasteiger partial charge in [-0.2, -0.15) is 0 Å². The second kappa shape index (κ2) is 6.51. The van der Waals surface area contributed by atoms with Crippen molar-refractivity contribution in [1.82, 2.24) is 4.90 Å². The minimum Gasteiger partial charge on any atom is -0.481 e. The van der Waals surface area contributed by atoms with Gasteiger partial charge in [-0.25, -0.2) is 0 Å². The van der Waals surface area contributed by atoms with Gasteiger partial charge < -0.3 is 19.8 Å². The standard InChI is InChI=1S/C17H21N3O4/c1-12(21)18-6-8-19(9-7-18)14-2-4-15(5-3-14)20-11-13(17(23)24)10-16(20)22/h2-5,13H,6-11H2,1H3,(H,23,24)/t13-/m1/s1. The molecule has 2 aliphatic rings. The molecule has 2 aliphatic heterocycles. The van der Waals surface area contributed by atoms with Crippen LogP contribution in [0.4, 0.5) is 11.4 Å². The Morgan fingerprint density at radius 2 is 1.62 bits per heavy atom. The molecule has 7 nitrogen and oxygen atoms in total. The minimum atomic E-state index is -0.925. The Labute approximate surface area is 140 Å². The summed E-state index contributed by atoms with van der Waals surface area (Å²) in [5.74, 6) is -1.60. The van der Waals surface area contributed by atoms with Crippen molar-refractivity contribution in [2.45, 2.75) is 13.3 Å². The number of hydrogen-bond donors (Lipinski definition) is 1. The molecule has 0 spiro atoms. The van der Waals surface area contributed by atoms with Gasteiger partial charge in [0.15, 0.2) is 0 Å². The van der Waals surface area contributed by atoms with E-state index in [-0.39, 0.29) is 24.8 Å². The Bertz CT molecular complexity index is 650. The summed E-state index contributed by atoms with van der Waals surface area (Å²) in [6, 6.07) is 7.60. The highest BCUT2D eigenvalue weighted by Crippen LogP contribution is 2.27. The third-order valence-electron chi connectivity index (χ3n) is 4.73. The number of amides is 2. The van der Waals surface area contributed by atoms with Gasteiger partial charge in [-0.3, -0.25) is 14.4 Å². The van der Waals surface area contributed by atoms with Crippen molar-refractivity contribution in [3.8, 4) is 0 Å². The normalized spacial score (nSPS) is 21.3. The van der Waals surface area contributed by atoms with E-state index in [9.17, 15) is 14.4 Å². The monoisotopic (exact) mass is 331 g/mol. The summed E-state index contributed by atoms with van der Waals surface area (Å²) in [6.07, 6.45) is 0.0596. The van der Waals surface area contributed by atoms with Gasteiger partial charge in [0, 0.05) is 57.4 Å². The highest BCUT2D eigenvalue weighted by Gasteiger charge is 2.35. The van der Waals surface area contributed by atoms with Gasteiger partial charge in [-0.15, -0.1) is 0 Å². The lowest BCUT2D eigenvalue weighted by atomic mass is 10.1.